The van der Waals surface area contributed by atoms with Gasteiger partial charge in [-0.25, -0.2) is 4.68 Å². The minimum atomic E-state index is 0.665. The SMILES string of the molecule is CCOc1ccccc1N1CCN(Cn2nc(-c3ccccc3Cl)n(C)c2=S)CC1. The lowest BCUT2D eigenvalue weighted by molar-refractivity contribution is 0.194. The molecule has 2 heterocycles. The van der Waals surface area contributed by atoms with E-state index in [4.69, 9.17) is 33.7 Å². The van der Waals surface area contributed by atoms with E-state index in [-0.39, 0.29) is 0 Å². The summed E-state index contributed by atoms with van der Waals surface area (Å²) in [5.41, 5.74) is 2.05. The lowest BCUT2D eigenvalue weighted by Gasteiger charge is -2.36. The molecule has 1 saturated heterocycles. The second kappa shape index (κ2) is 9.20. The van der Waals surface area contributed by atoms with Crippen molar-refractivity contribution in [1.82, 2.24) is 19.2 Å². The second-order valence-corrected chi connectivity index (χ2v) is 8.06. The van der Waals surface area contributed by atoms with Crippen molar-refractivity contribution in [3.8, 4) is 17.1 Å². The van der Waals surface area contributed by atoms with E-state index < -0.39 is 0 Å². The maximum atomic E-state index is 6.37. The van der Waals surface area contributed by atoms with Gasteiger partial charge in [0, 0.05) is 38.8 Å². The fourth-order valence-electron chi connectivity index (χ4n) is 3.77. The summed E-state index contributed by atoms with van der Waals surface area (Å²) in [6.45, 7) is 7.08. The van der Waals surface area contributed by atoms with Crippen LogP contribution in [0, 0.1) is 4.77 Å². The Hall–Kier alpha value is -2.35. The zero-order valence-electron chi connectivity index (χ0n) is 17.3. The number of ether oxygens (including phenoxy) is 1. The van der Waals surface area contributed by atoms with Crippen molar-refractivity contribution in [3.05, 3.63) is 58.3 Å². The summed E-state index contributed by atoms with van der Waals surface area (Å²) >= 11 is 12.0. The highest BCUT2D eigenvalue weighted by Gasteiger charge is 2.21. The molecular formula is C22H26ClN5OS. The van der Waals surface area contributed by atoms with Gasteiger partial charge in [-0.2, -0.15) is 5.10 Å². The van der Waals surface area contributed by atoms with Crippen LogP contribution in [0.5, 0.6) is 5.75 Å². The highest BCUT2D eigenvalue weighted by atomic mass is 35.5. The van der Waals surface area contributed by atoms with Crippen molar-refractivity contribution < 1.29 is 4.74 Å². The molecule has 30 heavy (non-hydrogen) atoms. The van der Waals surface area contributed by atoms with E-state index in [0.29, 0.717) is 23.1 Å². The minimum absolute atomic E-state index is 0.665. The number of hydrogen-bond acceptors (Lipinski definition) is 5. The Kier molecular flexibility index (Phi) is 6.41. The molecule has 1 aliphatic rings. The molecule has 6 nitrogen and oxygen atoms in total. The first-order valence-electron chi connectivity index (χ1n) is 10.2. The van der Waals surface area contributed by atoms with Gasteiger partial charge in [0.15, 0.2) is 10.6 Å². The van der Waals surface area contributed by atoms with E-state index in [0.717, 1.165) is 49.0 Å². The van der Waals surface area contributed by atoms with E-state index in [1.165, 1.54) is 0 Å². The highest BCUT2D eigenvalue weighted by Crippen LogP contribution is 2.29. The molecule has 0 unspecified atom stereocenters. The van der Waals surface area contributed by atoms with Crippen LogP contribution in [-0.4, -0.2) is 52.0 Å². The summed E-state index contributed by atoms with van der Waals surface area (Å²) in [6, 6.07) is 16.0. The summed E-state index contributed by atoms with van der Waals surface area (Å²) in [5, 5.41) is 5.44. The Balaban J connectivity index is 1.46. The number of benzene rings is 2. The first kappa shape index (κ1) is 20.9. The molecule has 2 aromatic carbocycles. The van der Waals surface area contributed by atoms with E-state index in [9.17, 15) is 0 Å². The van der Waals surface area contributed by atoms with E-state index in [1.807, 2.05) is 59.6 Å². The number of piperazine rings is 1. The minimum Gasteiger partial charge on any atom is -0.492 e. The predicted octanol–water partition coefficient (Wildman–Crippen LogP) is 4.45. The Morgan fingerprint density at radius 3 is 2.47 bits per heavy atom. The number of nitrogens with zero attached hydrogens (tertiary/aromatic N) is 5. The van der Waals surface area contributed by atoms with Gasteiger partial charge in [0.1, 0.15) is 5.75 Å². The highest BCUT2D eigenvalue weighted by molar-refractivity contribution is 7.71. The second-order valence-electron chi connectivity index (χ2n) is 7.29. The van der Waals surface area contributed by atoms with Gasteiger partial charge < -0.3 is 14.2 Å². The van der Waals surface area contributed by atoms with Crippen LogP contribution < -0.4 is 9.64 Å². The van der Waals surface area contributed by atoms with Crippen LogP contribution in [0.4, 0.5) is 5.69 Å². The molecule has 1 aliphatic heterocycles. The standard InChI is InChI=1S/C22H26ClN5OS/c1-3-29-20-11-7-6-10-19(20)27-14-12-26(13-15-27)16-28-22(30)25(2)21(24-28)17-8-4-5-9-18(17)23/h4-11H,3,12-16H2,1-2H3. The molecule has 0 N–H and O–H groups in total. The van der Waals surface area contributed by atoms with Gasteiger partial charge in [-0.15, -0.1) is 0 Å². The number of aromatic nitrogens is 3. The number of anilines is 1. The smallest absolute Gasteiger partial charge is 0.199 e. The Morgan fingerprint density at radius 1 is 1.03 bits per heavy atom. The molecular weight excluding hydrogens is 418 g/mol. The average molecular weight is 444 g/mol. The molecule has 0 spiro atoms. The molecule has 0 amide bonds. The summed E-state index contributed by atoms with van der Waals surface area (Å²) < 4.78 is 10.3. The van der Waals surface area contributed by atoms with Crippen molar-refractivity contribution in [3.63, 3.8) is 0 Å². The monoisotopic (exact) mass is 443 g/mol. The van der Waals surface area contributed by atoms with Crippen molar-refractivity contribution >= 4 is 29.5 Å². The van der Waals surface area contributed by atoms with Crippen molar-refractivity contribution in [2.45, 2.75) is 13.6 Å². The quantitative estimate of drug-likeness (QED) is 0.526. The van der Waals surface area contributed by atoms with Crippen LogP contribution in [0.25, 0.3) is 11.4 Å². The van der Waals surface area contributed by atoms with Crippen molar-refractivity contribution in [1.29, 1.82) is 0 Å². The number of hydrogen-bond donors (Lipinski definition) is 0. The van der Waals surface area contributed by atoms with E-state index >= 15 is 0 Å². The fourth-order valence-corrected chi connectivity index (χ4v) is 4.18. The molecule has 4 rings (SSSR count). The first-order valence-corrected chi connectivity index (χ1v) is 10.9. The number of para-hydroxylation sites is 2. The van der Waals surface area contributed by atoms with Gasteiger partial charge in [-0.05, 0) is 43.4 Å². The van der Waals surface area contributed by atoms with Gasteiger partial charge in [0.05, 0.1) is 24.0 Å². The van der Waals surface area contributed by atoms with Crippen LogP contribution in [0.1, 0.15) is 6.92 Å². The summed E-state index contributed by atoms with van der Waals surface area (Å²) in [5.74, 6) is 1.74. The molecule has 158 valence electrons. The largest absolute Gasteiger partial charge is 0.492 e. The lowest BCUT2D eigenvalue weighted by atomic mass is 10.2. The maximum Gasteiger partial charge on any atom is 0.199 e. The summed E-state index contributed by atoms with van der Waals surface area (Å²) in [4.78, 5) is 4.76. The molecule has 0 aliphatic carbocycles. The molecule has 1 fully saturated rings. The third-order valence-electron chi connectivity index (χ3n) is 5.37. The van der Waals surface area contributed by atoms with Crippen LogP contribution in [0.3, 0.4) is 0 Å². The van der Waals surface area contributed by atoms with Gasteiger partial charge >= 0.3 is 0 Å². The summed E-state index contributed by atoms with van der Waals surface area (Å²) in [7, 11) is 1.94. The van der Waals surface area contributed by atoms with Crippen LogP contribution in [-0.2, 0) is 13.7 Å². The predicted molar refractivity (Wildman–Crippen MR) is 124 cm³/mol. The first-order chi connectivity index (χ1) is 14.6. The topological polar surface area (TPSA) is 38.5 Å². The molecule has 0 radical (unpaired) electrons. The molecule has 8 heteroatoms. The van der Waals surface area contributed by atoms with Crippen molar-refractivity contribution in [2.75, 3.05) is 37.7 Å². The third-order valence-corrected chi connectivity index (χ3v) is 6.18. The fraction of sp³-hybridized carbons (Fsp3) is 0.364. The van der Waals surface area contributed by atoms with Crippen LogP contribution in [0.2, 0.25) is 5.02 Å². The molecule has 3 aromatic rings. The van der Waals surface area contributed by atoms with Gasteiger partial charge in [0.25, 0.3) is 0 Å². The average Bonchev–Trinajstić information content (AvgIpc) is 3.04. The number of halogens is 1. The van der Waals surface area contributed by atoms with Gasteiger partial charge in [-0.1, -0.05) is 35.9 Å². The molecule has 0 bridgehead atoms. The van der Waals surface area contributed by atoms with Gasteiger partial charge in [0.2, 0.25) is 0 Å². The van der Waals surface area contributed by atoms with E-state index in [1.54, 1.807) is 0 Å². The Labute approximate surface area is 187 Å². The zero-order chi connectivity index (χ0) is 21.1. The third kappa shape index (κ3) is 4.24. The normalized spacial score (nSPS) is 14.8. The summed E-state index contributed by atoms with van der Waals surface area (Å²) in [6.07, 6.45) is 0. The molecule has 1 aromatic heterocycles. The van der Waals surface area contributed by atoms with Crippen LogP contribution >= 0.6 is 23.8 Å². The van der Waals surface area contributed by atoms with Gasteiger partial charge in [-0.3, -0.25) is 4.90 Å². The Morgan fingerprint density at radius 2 is 1.73 bits per heavy atom. The van der Waals surface area contributed by atoms with E-state index in [2.05, 4.69) is 21.9 Å². The number of rotatable bonds is 6. The van der Waals surface area contributed by atoms with Crippen LogP contribution in [0.15, 0.2) is 48.5 Å². The maximum absolute atomic E-state index is 6.37. The van der Waals surface area contributed by atoms with Crippen molar-refractivity contribution in [2.24, 2.45) is 7.05 Å². The molecule has 0 saturated carbocycles. The lowest BCUT2D eigenvalue weighted by Crippen LogP contribution is -2.47. The molecule has 0 atom stereocenters. The Bertz CT molecular complexity index is 1070. The zero-order valence-corrected chi connectivity index (χ0v) is 18.9.